The van der Waals surface area contributed by atoms with Crippen molar-refractivity contribution in [2.45, 2.75) is 11.7 Å². The van der Waals surface area contributed by atoms with Crippen LogP contribution in [-0.2, 0) is 14.6 Å². The van der Waals surface area contributed by atoms with Crippen LogP contribution in [-0.4, -0.2) is 36.8 Å². The van der Waals surface area contributed by atoms with Gasteiger partial charge in [-0.1, -0.05) is 0 Å². The quantitative estimate of drug-likeness (QED) is 0.919. The molecule has 0 spiro atoms. The Bertz CT molecular complexity index is 619. The van der Waals surface area contributed by atoms with Crippen LogP contribution in [0.4, 0.5) is 14.5 Å². The molecule has 2 rings (SSSR count). The minimum Gasteiger partial charge on any atom is -0.323 e. The second-order valence-corrected chi connectivity index (χ2v) is 8.03. The van der Waals surface area contributed by atoms with E-state index in [1.54, 1.807) is 0 Å². The van der Waals surface area contributed by atoms with Crippen LogP contribution in [0, 0.1) is 11.6 Å². The SMILES string of the molecule is O=C(CS[C@H]1CCS(=O)(=O)C1)Nc1ccc(F)cc1F. The molecular formula is C12H13F2NO3S2. The van der Waals surface area contributed by atoms with Crippen LogP contribution in [0.1, 0.15) is 6.42 Å². The van der Waals surface area contributed by atoms with Gasteiger partial charge in [-0.3, -0.25) is 4.79 Å². The Morgan fingerprint density at radius 3 is 2.75 bits per heavy atom. The second-order valence-electron chi connectivity index (χ2n) is 4.51. The average Bonchev–Trinajstić information content (AvgIpc) is 2.70. The maximum absolute atomic E-state index is 13.3. The molecule has 8 heteroatoms. The van der Waals surface area contributed by atoms with Gasteiger partial charge in [0, 0.05) is 11.3 Å². The van der Waals surface area contributed by atoms with E-state index < -0.39 is 27.4 Å². The lowest BCUT2D eigenvalue weighted by Gasteiger charge is -2.09. The molecule has 0 radical (unpaired) electrons. The molecule has 0 aromatic heterocycles. The zero-order chi connectivity index (χ0) is 14.8. The number of amides is 1. The molecule has 1 atom stereocenters. The lowest BCUT2D eigenvalue weighted by Crippen LogP contribution is -2.18. The highest BCUT2D eigenvalue weighted by atomic mass is 32.2. The van der Waals surface area contributed by atoms with Crippen molar-refractivity contribution < 1.29 is 22.0 Å². The molecular weight excluding hydrogens is 308 g/mol. The van der Waals surface area contributed by atoms with E-state index in [-0.39, 0.29) is 28.2 Å². The van der Waals surface area contributed by atoms with E-state index in [1.807, 2.05) is 0 Å². The number of halogens is 2. The summed E-state index contributed by atoms with van der Waals surface area (Å²) in [7, 11) is -2.97. The number of carbonyl (C=O) groups is 1. The van der Waals surface area contributed by atoms with Crippen molar-refractivity contribution in [1.82, 2.24) is 0 Å². The molecule has 4 nitrogen and oxygen atoms in total. The molecule has 1 aromatic rings. The first kappa shape index (κ1) is 15.2. The lowest BCUT2D eigenvalue weighted by atomic mass is 10.3. The molecule has 1 saturated heterocycles. The van der Waals surface area contributed by atoms with Gasteiger partial charge in [0.05, 0.1) is 22.9 Å². The van der Waals surface area contributed by atoms with Gasteiger partial charge < -0.3 is 5.32 Å². The number of hydrogen-bond donors (Lipinski definition) is 1. The van der Waals surface area contributed by atoms with E-state index in [2.05, 4.69) is 5.32 Å². The Balaban J connectivity index is 1.84. The molecule has 1 aromatic carbocycles. The molecule has 0 unspecified atom stereocenters. The molecule has 1 fully saturated rings. The van der Waals surface area contributed by atoms with Crippen molar-refractivity contribution in [2.75, 3.05) is 22.6 Å². The van der Waals surface area contributed by atoms with Crippen molar-refractivity contribution >= 4 is 33.2 Å². The number of benzene rings is 1. The predicted octanol–water partition coefficient (Wildman–Crippen LogP) is 1.82. The fourth-order valence-electron chi connectivity index (χ4n) is 1.86. The summed E-state index contributed by atoms with van der Waals surface area (Å²) in [5.74, 6) is -1.73. The van der Waals surface area contributed by atoms with Crippen LogP contribution in [0.25, 0.3) is 0 Å². The van der Waals surface area contributed by atoms with Crippen molar-refractivity contribution in [3.63, 3.8) is 0 Å². The molecule has 0 bridgehead atoms. The van der Waals surface area contributed by atoms with E-state index in [1.165, 1.54) is 11.8 Å². The third-order valence-corrected chi connectivity index (χ3v) is 6.13. The van der Waals surface area contributed by atoms with E-state index in [9.17, 15) is 22.0 Å². The molecule has 1 heterocycles. The van der Waals surface area contributed by atoms with Gasteiger partial charge in [-0.05, 0) is 18.6 Å². The first-order chi connectivity index (χ1) is 9.35. The normalized spacial score (nSPS) is 20.8. The molecule has 1 aliphatic rings. The summed E-state index contributed by atoms with van der Waals surface area (Å²) in [4.78, 5) is 11.6. The Labute approximate surface area is 119 Å². The minimum atomic E-state index is -2.97. The van der Waals surface area contributed by atoms with Crippen molar-refractivity contribution in [2.24, 2.45) is 0 Å². The molecule has 1 aliphatic heterocycles. The Morgan fingerprint density at radius 1 is 1.40 bits per heavy atom. The number of rotatable bonds is 4. The van der Waals surface area contributed by atoms with Crippen LogP contribution in [0.3, 0.4) is 0 Å². The summed E-state index contributed by atoms with van der Waals surface area (Å²) in [6, 6.07) is 2.88. The second kappa shape index (κ2) is 6.09. The summed E-state index contributed by atoms with van der Waals surface area (Å²) in [6.07, 6.45) is 0.533. The maximum atomic E-state index is 13.3. The molecule has 0 saturated carbocycles. The number of carbonyl (C=O) groups excluding carboxylic acids is 1. The van der Waals surface area contributed by atoms with Gasteiger partial charge in [0.1, 0.15) is 11.6 Å². The number of nitrogens with one attached hydrogen (secondary N) is 1. The third-order valence-electron chi connectivity index (χ3n) is 2.85. The Morgan fingerprint density at radius 2 is 2.15 bits per heavy atom. The van der Waals surface area contributed by atoms with Gasteiger partial charge in [-0.25, -0.2) is 17.2 Å². The predicted molar refractivity (Wildman–Crippen MR) is 74.5 cm³/mol. The first-order valence-electron chi connectivity index (χ1n) is 5.93. The smallest absolute Gasteiger partial charge is 0.234 e. The fraction of sp³-hybridized carbons (Fsp3) is 0.417. The zero-order valence-corrected chi connectivity index (χ0v) is 12.1. The molecule has 20 heavy (non-hydrogen) atoms. The summed E-state index contributed by atoms with van der Waals surface area (Å²) in [6.45, 7) is 0. The standard InChI is InChI=1S/C12H13F2NO3S2/c13-8-1-2-11(10(14)5-8)15-12(16)6-19-9-3-4-20(17,18)7-9/h1-2,5,9H,3-4,6-7H2,(H,15,16)/t9-/m0/s1. The summed E-state index contributed by atoms with van der Waals surface area (Å²) in [5, 5.41) is 2.24. The highest BCUT2D eigenvalue weighted by Gasteiger charge is 2.28. The third kappa shape index (κ3) is 4.17. The highest BCUT2D eigenvalue weighted by Crippen LogP contribution is 2.24. The van der Waals surface area contributed by atoms with Crippen molar-refractivity contribution in [3.8, 4) is 0 Å². The van der Waals surface area contributed by atoms with Crippen LogP contribution < -0.4 is 5.32 Å². The number of thioether (sulfide) groups is 1. The Kier molecular flexibility index (Phi) is 4.64. The molecule has 110 valence electrons. The summed E-state index contributed by atoms with van der Waals surface area (Å²) < 4.78 is 48.5. The van der Waals surface area contributed by atoms with Crippen LogP contribution >= 0.6 is 11.8 Å². The molecule has 0 aliphatic carbocycles. The zero-order valence-electron chi connectivity index (χ0n) is 10.4. The van der Waals surface area contributed by atoms with Gasteiger partial charge in [0.2, 0.25) is 5.91 Å². The van der Waals surface area contributed by atoms with E-state index in [0.717, 1.165) is 12.1 Å². The van der Waals surface area contributed by atoms with Gasteiger partial charge in [0.25, 0.3) is 0 Å². The van der Waals surface area contributed by atoms with Gasteiger partial charge >= 0.3 is 0 Å². The van der Waals surface area contributed by atoms with Crippen molar-refractivity contribution in [3.05, 3.63) is 29.8 Å². The minimum absolute atomic E-state index is 0.0387. The maximum Gasteiger partial charge on any atom is 0.234 e. The van der Waals surface area contributed by atoms with Crippen LogP contribution in [0.5, 0.6) is 0 Å². The van der Waals surface area contributed by atoms with Gasteiger partial charge in [0.15, 0.2) is 9.84 Å². The monoisotopic (exact) mass is 321 g/mol. The number of anilines is 1. The highest BCUT2D eigenvalue weighted by molar-refractivity contribution is 8.02. The van der Waals surface area contributed by atoms with E-state index >= 15 is 0 Å². The number of hydrogen-bond acceptors (Lipinski definition) is 4. The lowest BCUT2D eigenvalue weighted by molar-refractivity contribution is -0.113. The van der Waals surface area contributed by atoms with Crippen LogP contribution in [0.15, 0.2) is 18.2 Å². The average molecular weight is 321 g/mol. The molecule has 1 amide bonds. The molecule has 1 N–H and O–H groups in total. The topological polar surface area (TPSA) is 63.2 Å². The van der Waals surface area contributed by atoms with Gasteiger partial charge in [-0.2, -0.15) is 0 Å². The first-order valence-corrected chi connectivity index (χ1v) is 8.80. The summed E-state index contributed by atoms with van der Waals surface area (Å²) in [5.41, 5.74) is -0.0870. The van der Waals surface area contributed by atoms with Gasteiger partial charge in [-0.15, -0.1) is 11.8 Å². The van der Waals surface area contributed by atoms with Crippen LogP contribution in [0.2, 0.25) is 0 Å². The summed E-state index contributed by atoms with van der Waals surface area (Å²) >= 11 is 1.23. The number of sulfone groups is 1. The van der Waals surface area contributed by atoms with E-state index in [4.69, 9.17) is 0 Å². The largest absolute Gasteiger partial charge is 0.323 e. The Hall–Kier alpha value is -1.15. The van der Waals surface area contributed by atoms with Crippen molar-refractivity contribution in [1.29, 1.82) is 0 Å². The fourth-order valence-corrected chi connectivity index (χ4v) is 5.31. The van der Waals surface area contributed by atoms with E-state index in [0.29, 0.717) is 12.5 Å².